The third-order valence-corrected chi connectivity index (χ3v) is 4.47. The van der Waals surface area contributed by atoms with Crippen molar-refractivity contribution < 1.29 is 5.11 Å². The van der Waals surface area contributed by atoms with Gasteiger partial charge >= 0.3 is 0 Å². The van der Waals surface area contributed by atoms with Crippen LogP contribution in [0, 0.1) is 0 Å². The van der Waals surface area contributed by atoms with Crippen LogP contribution in [0.2, 0.25) is 0 Å². The molecule has 2 heteroatoms. The minimum atomic E-state index is 0.353. The minimum Gasteiger partial charge on any atom is -0.396 e. The lowest BCUT2D eigenvalue weighted by Crippen LogP contribution is -2.16. The predicted molar refractivity (Wildman–Crippen MR) is 99.5 cm³/mol. The molecule has 0 aromatic carbocycles. The molecule has 2 nitrogen and oxygen atoms in total. The molecular weight excluding hydrogens is 270 g/mol. The molecule has 0 aromatic rings. The van der Waals surface area contributed by atoms with Gasteiger partial charge in [0.1, 0.15) is 0 Å². The number of aliphatic hydroxyl groups is 1. The Morgan fingerprint density at radius 1 is 0.500 bits per heavy atom. The first kappa shape index (κ1) is 21.9. The third-order valence-electron chi connectivity index (χ3n) is 4.47. The van der Waals surface area contributed by atoms with Crippen LogP contribution in [0.4, 0.5) is 0 Å². The molecule has 0 aromatic heterocycles. The summed E-state index contributed by atoms with van der Waals surface area (Å²) in [5.41, 5.74) is 0. The molecule has 0 bridgehead atoms. The Bertz CT molecular complexity index is 165. The van der Waals surface area contributed by atoms with Crippen LogP contribution in [0.3, 0.4) is 0 Å². The molecular formula is C20H43NO. The normalized spacial score (nSPS) is 11.2. The molecule has 22 heavy (non-hydrogen) atoms. The molecule has 0 spiro atoms. The Hall–Kier alpha value is -0.0800. The fourth-order valence-corrected chi connectivity index (χ4v) is 2.93. The third kappa shape index (κ3) is 19.9. The molecule has 0 aliphatic rings. The molecule has 0 radical (unpaired) electrons. The topological polar surface area (TPSA) is 32.3 Å². The van der Waals surface area contributed by atoms with Crippen LogP contribution >= 0.6 is 0 Å². The molecule has 134 valence electrons. The van der Waals surface area contributed by atoms with Gasteiger partial charge in [0.25, 0.3) is 0 Å². The van der Waals surface area contributed by atoms with Crippen LogP contribution in [0.1, 0.15) is 110 Å². The summed E-state index contributed by atoms with van der Waals surface area (Å²) in [6.07, 6.45) is 21.8. The van der Waals surface area contributed by atoms with Gasteiger partial charge < -0.3 is 10.4 Å². The summed E-state index contributed by atoms with van der Waals surface area (Å²) < 4.78 is 0. The zero-order valence-electron chi connectivity index (χ0n) is 15.4. The summed E-state index contributed by atoms with van der Waals surface area (Å²) in [6, 6.07) is 0. The Morgan fingerprint density at radius 2 is 0.864 bits per heavy atom. The predicted octanol–water partition coefficient (Wildman–Crippen LogP) is 5.83. The molecule has 2 N–H and O–H groups in total. The molecule has 0 saturated heterocycles. The van der Waals surface area contributed by atoms with E-state index < -0.39 is 0 Å². The van der Waals surface area contributed by atoms with Crippen LogP contribution in [-0.2, 0) is 0 Å². The standard InChI is InChI=1S/C20H43NO/c1-2-3-4-5-6-7-8-9-10-11-12-15-18-21-19-16-13-14-17-20-22/h21-22H,2-20H2,1H3. The Morgan fingerprint density at radius 3 is 1.27 bits per heavy atom. The molecule has 0 aliphatic heterocycles. The first-order valence-corrected chi connectivity index (χ1v) is 10.2. The van der Waals surface area contributed by atoms with Crippen molar-refractivity contribution in [1.29, 1.82) is 0 Å². The second-order valence-corrected chi connectivity index (χ2v) is 6.78. The maximum Gasteiger partial charge on any atom is 0.0431 e. The van der Waals surface area contributed by atoms with Crippen LogP contribution in [-0.4, -0.2) is 24.8 Å². The number of hydrogen-bond acceptors (Lipinski definition) is 2. The van der Waals surface area contributed by atoms with Gasteiger partial charge in [-0.3, -0.25) is 0 Å². The summed E-state index contributed by atoms with van der Waals surface area (Å²) in [5.74, 6) is 0. The number of hydrogen-bond donors (Lipinski definition) is 2. The highest BCUT2D eigenvalue weighted by Gasteiger charge is 1.94. The minimum absolute atomic E-state index is 0.353. The van der Waals surface area contributed by atoms with Crippen molar-refractivity contribution in [1.82, 2.24) is 5.32 Å². The molecule has 0 unspecified atom stereocenters. The molecule has 0 fully saturated rings. The second-order valence-electron chi connectivity index (χ2n) is 6.78. The van der Waals surface area contributed by atoms with Crippen molar-refractivity contribution in [2.24, 2.45) is 0 Å². The van der Waals surface area contributed by atoms with E-state index >= 15 is 0 Å². The van der Waals surface area contributed by atoms with Gasteiger partial charge in [-0.25, -0.2) is 0 Å². The Kier molecular flexibility index (Phi) is 20.8. The monoisotopic (exact) mass is 313 g/mol. The zero-order valence-corrected chi connectivity index (χ0v) is 15.4. The number of aliphatic hydroxyl groups excluding tert-OH is 1. The van der Waals surface area contributed by atoms with Crippen molar-refractivity contribution in [3.05, 3.63) is 0 Å². The summed E-state index contributed by atoms with van der Waals surface area (Å²) in [4.78, 5) is 0. The zero-order chi connectivity index (χ0) is 16.1. The molecule has 0 rings (SSSR count). The van der Waals surface area contributed by atoms with Gasteiger partial charge in [0.2, 0.25) is 0 Å². The van der Waals surface area contributed by atoms with Gasteiger partial charge in [-0.15, -0.1) is 0 Å². The molecule has 0 aliphatic carbocycles. The highest BCUT2D eigenvalue weighted by Crippen LogP contribution is 2.11. The Balaban J connectivity index is 2.91. The first-order valence-electron chi connectivity index (χ1n) is 10.2. The smallest absolute Gasteiger partial charge is 0.0431 e. The van der Waals surface area contributed by atoms with Gasteiger partial charge in [-0.1, -0.05) is 90.4 Å². The van der Waals surface area contributed by atoms with Crippen LogP contribution in [0.15, 0.2) is 0 Å². The quantitative estimate of drug-likeness (QED) is 0.294. The highest BCUT2D eigenvalue weighted by molar-refractivity contribution is 4.52. The van der Waals surface area contributed by atoms with Crippen molar-refractivity contribution in [2.75, 3.05) is 19.7 Å². The molecule has 0 amide bonds. The van der Waals surface area contributed by atoms with Gasteiger partial charge in [0.15, 0.2) is 0 Å². The van der Waals surface area contributed by atoms with Crippen LogP contribution in [0.5, 0.6) is 0 Å². The molecule has 0 heterocycles. The maximum atomic E-state index is 8.69. The molecule has 0 atom stereocenters. The fourth-order valence-electron chi connectivity index (χ4n) is 2.93. The van der Waals surface area contributed by atoms with Crippen molar-refractivity contribution in [2.45, 2.75) is 110 Å². The average Bonchev–Trinajstić information content (AvgIpc) is 2.54. The van der Waals surface area contributed by atoms with E-state index in [4.69, 9.17) is 5.11 Å². The van der Waals surface area contributed by atoms with Crippen molar-refractivity contribution in [3.63, 3.8) is 0 Å². The van der Waals surface area contributed by atoms with Gasteiger partial charge in [0.05, 0.1) is 0 Å². The van der Waals surface area contributed by atoms with E-state index in [1.165, 1.54) is 103 Å². The summed E-state index contributed by atoms with van der Waals surface area (Å²) in [7, 11) is 0. The van der Waals surface area contributed by atoms with Gasteiger partial charge in [0, 0.05) is 6.61 Å². The van der Waals surface area contributed by atoms with E-state index in [0.717, 1.165) is 13.0 Å². The number of unbranched alkanes of at least 4 members (excludes halogenated alkanes) is 14. The van der Waals surface area contributed by atoms with Gasteiger partial charge in [-0.05, 0) is 32.4 Å². The lowest BCUT2D eigenvalue weighted by molar-refractivity contribution is 0.282. The fraction of sp³-hybridized carbons (Fsp3) is 1.00. The van der Waals surface area contributed by atoms with Gasteiger partial charge in [-0.2, -0.15) is 0 Å². The summed E-state index contributed by atoms with van der Waals surface area (Å²) in [5, 5.41) is 12.2. The lowest BCUT2D eigenvalue weighted by Gasteiger charge is -2.05. The number of rotatable bonds is 19. The maximum absolute atomic E-state index is 8.69. The average molecular weight is 314 g/mol. The Labute approximate surface area is 140 Å². The summed E-state index contributed by atoms with van der Waals surface area (Å²) >= 11 is 0. The van der Waals surface area contributed by atoms with Crippen molar-refractivity contribution >= 4 is 0 Å². The van der Waals surface area contributed by atoms with E-state index in [1.807, 2.05) is 0 Å². The van der Waals surface area contributed by atoms with E-state index in [0.29, 0.717) is 6.61 Å². The van der Waals surface area contributed by atoms with Crippen LogP contribution < -0.4 is 5.32 Å². The van der Waals surface area contributed by atoms with E-state index in [1.54, 1.807) is 0 Å². The number of nitrogens with one attached hydrogen (secondary N) is 1. The second kappa shape index (κ2) is 20.9. The van der Waals surface area contributed by atoms with E-state index in [9.17, 15) is 0 Å². The summed E-state index contributed by atoms with van der Waals surface area (Å²) in [6.45, 7) is 4.99. The van der Waals surface area contributed by atoms with E-state index in [-0.39, 0.29) is 0 Å². The van der Waals surface area contributed by atoms with E-state index in [2.05, 4.69) is 12.2 Å². The molecule has 0 saturated carbocycles. The first-order chi connectivity index (χ1) is 10.9. The SMILES string of the molecule is CCCCCCCCCCCCCCNCCCCCCO. The van der Waals surface area contributed by atoms with Crippen molar-refractivity contribution in [3.8, 4) is 0 Å². The highest BCUT2D eigenvalue weighted by atomic mass is 16.2. The largest absolute Gasteiger partial charge is 0.396 e. The lowest BCUT2D eigenvalue weighted by atomic mass is 10.1. The van der Waals surface area contributed by atoms with Crippen LogP contribution in [0.25, 0.3) is 0 Å².